The van der Waals surface area contributed by atoms with Gasteiger partial charge in [-0.25, -0.2) is 0 Å². The van der Waals surface area contributed by atoms with Gasteiger partial charge in [-0.05, 0) is 30.7 Å². The molecule has 0 radical (unpaired) electrons. The second-order valence-electron chi connectivity index (χ2n) is 5.53. The van der Waals surface area contributed by atoms with Crippen molar-refractivity contribution in [2.75, 3.05) is 19.0 Å². The molecule has 1 saturated heterocycles. The molecule has 0 saturated carbocycles. The highest BCUT2D eigenvalue weighted by Gasteiger charge is 2.32. The lowest BCUT2D eigenvalue weighted by Crippen LogP contribution is -2.31. The molecule has 1 aliphatic heterocycles. The maximum absolute atomic E-state index is 12.6. The molecule has 2 amide bonds. The zero-order chi connectivity index (χ0) is 19.4. The van der Waals surface area contributed by atoms with Crippen LogP contribution in [-0.2, 0) is 9.59 Å². The minimum atomic E-state index is -0.239. The number of carbonyl (C=O) groups is 2. The maximum Gasteiger partial charge on any atom is 0.266 e. The first-order valence-electron chi connectivity index (χ1n) is 7.95. The van der Waals surface area contributed by atoms with Gasteiger partial charge in [-0.2, -0.15) is 0 Å². The van der Waals surface area contributed by atoms with Gasteiger partial charge in [0.15, 0.2) is 0 Å². The first-order valence-corrected chi connectivity index (χ1v) is 10.00. The quantitative estimate of drug-likeness (QED) is 0.568. The molecular weight excluding hydrogens is 404 g/mol. The number of methoxy groups -OCH3 is 1. The van der Waals surface area contributed by atoms with E-state index in [1.807, 2.05) is 31.2 Å². The highest BCUT2D eigenvalue weighted by molar-refractivity contribution is 8.26. The summed E-state index contributed by atoms with van der Waals surface area (Å²) in [5.74, 6) is 0.271. The Morgan fingerprint density at radius 2 is 2.22 bits per heavy atom. The number of thiocarbonyl (C=S) groups is 1. The van der Waals surface area contributed by atoms with Crippen molar-refractivity contribution in [1.29, 1.82) is 0 Å². The Hall–Kier alpha value is -2.30. The fourth-order valence-corrected chi connectivity index (χ4v) is 4.23. The smallest absolute Gasteiger partial charge is 0.266 e. The van der Waals surface area contributed by atoms with Gasteiger partial charge in [-0.15, -0.1) is 10.2 Å². The van der Waals surface area contributed by atoms with Gasteiger partial charge >= 0.3 is 0 Å². The van der Waals surface area contributed by atoms with E-state index >= 15 is 0 Å². The number of anilines is 1. The molecule has 10 heteroatoms. The van der Waals surface area contributed by atoms with Crippen molar-refractivity contribution >= 4 is 62.7 Å². The topological polar surface area (TPSA) is 84.4 Å². The zero-order valence-corrected chi connectivity index (χ0v) is 17.0. The first-order chi connectivity index (χ1) is 13.0. The van der Waals surface area contributed by atoms with Gasteiger partial charge in [-0.3, -0.25) is 14.5 Å². The van der Waals surface area contributed by atoms with Crippen molar-refractivity contribution in [3.63, 3.8) is 0 Å². The van der Waals surface area contributed by atoms with Crippen molar-refractivity contribution < 1.29 is 14.3 Å². The number of nitrogens with one attached hydrogen (secondary N) is 1. The number of hydrogen-bond donors (Lipinski definition) is 1. The Balaban J connectivity index is 1.61. The second-order valence-corrected chi connectivity index (χ2v) is 8.39. The summed E-state index contributed by atoms with van der Waals surface area (Å²) in [6.45, 7) is 2.02. The molecule has 1 aromatic carbocycles. The van der Waals surface area contributed by atoms with Crippen molar-refractivity contribution in [2.45, 2.75) is 13.3 Å². The van der Waals surface area contributed by atoms with E-state index in [1.54, 1.807) is 13.2 Å². The maximum atomic E-state index is 12.6. The molecule has 1 N–H and O–H groups in total. The molecular formula is C17H16N4O3S3. The number of thioether (sulfide) groups is 1. The Labute approximate surface area is 169 Å². The lowest BCUT2D eigenvalue weighted by Gasteiger charge is -2.13. The average molecular weight is 421 g/mol. The van der Waals surface area contributed by atoms with Crippen LogP contribution in [0.15, 0.2) is 29.2 Å². The number of benzene rings is 1. The predicted octanol–water partition coefficient (Wildman–Crippen LogP) is 3.09. The number of amides is 2. The largest absolute Gasteiger partial charge is 0.497 e. The van der Waals surface area contributed by atoms with Crippen LogP contribution in [-0.4, -0.2) is 44.9 Å². The van der Waals surface area contributed by atoms with Crippen LogP contribution in [0.5, 0.6) is 5.75 Å². The summed E-state index contributed by atoms with van der Waals surface area (Å²) >= 11 is 7.82. The minimum Gasteiger partial charge on any atom is -0.497 e. The van der Waals surface area contributed by atoms with E-state index < -0.39 is 0 Å². The number of ether oxygens (including phenoxy) is 1. The van der Waals surface area contributed by atoms with Crippen LogP contribution < -0.4 is 10.1 Å². The summed E-state index contributed by atoms with van der Waals surface area (Å²) in [5.41, 5.74) is 0.847. The molecule has 0 unspecified atom stereocenters. The van der Waals surface area contributed by atoms with Crippen LogP contribution in [0, 0.1) is 6.92 Å². The van der Waals surface area contributed by atoms with Gasteiger partial charge in [-0.1, -0.05) is 47.4 Å². The van der Waals surface area contributed by atoms with Crippen molar-refractivity contribution in [3.8, 4) is 5.75 Å². The van der Waals surface area contributed by atoms with Crippen LogP contribution >= 0.6 is 35.3 Å². The summed E-state index contributed by atoms with van der Waals surface area (Å²) in [6, 6.07) is 7.40. The molecule has 2 aromatic rings. The molecule has 27 heavy (non-hydrogen) atoms. The van der Waals surface area contributed by atoms with Gasteiger partial charge in [0.25, 0.3) is 5.91 Å². The van der Waals surface area contributed by atoms with E-state index in [0.717, 1.165) is 10.6 Å². The molecule has 1 aromatic heterocycles. The van der Waals surface area contributed by atoms with E-state index in [1.165, 1.54) is 28.0 Å². The minimum absolute atomic E-state index is 0.123. The molecule has 0 atom stereocenters. The van der Waals surface area contributed by atoms with Gasteiger partial charge in [0.2, 0.25) is 11.0 Å². The number of hydrogen-bond acceptors (Lipinski definition) is 8. The zero-order valence-electron chi connectivity index (χ0n) is 14.6. The lowest BCUT2D eigenvalue weighted by atomic mass is 10.2. The SMILES string of the molecule is COc1cccc(/C=C2/SC(=S)N(CCC(=O)Nc3nnc(C)s3)C2=O)c1. The summed E-state index contributed by atoms with van der Waals surface area (Å²) in [6.07, 6.45) is 1.89. The number of aryl methyl sites for hydroxylation is 1. The third-order valence-corrected chi connectivity index (χ3v) is 5.73. The summed E-state index contributed by atoms with van der Waals surface area (Å²) < 4.78 is 5.63. The monoisotopic (exact) mass is 420 g/mol. The molecule has 0 bridgehead atoms. The van der Waals surface area contributed by atoms with Crippen LogP contribution in [0.3, 0.4) is 0 Å². The lowest BCUT2D eigenvalue weighted by molar-refractivity contribution is -0.122. The van der Waals surface area contributed by atoms with Crippen molar-refractivity contribution in [1.82, 2.24) is 15.1 Å². The summed E-state index contributed by atoms with van der Waals surface area (Å²) in [4.78, 5) is 26.6. The van der Waals surface area contributed by atoms with Gasteiger partial charge < -0.3 is 10.1 Å². The first kappa shape index (κ1) is 19.5. The molecule has 2 heterocycles. The fourth-order valence-electron chi connectivity index (χ4n) is 2.32. The van der Waals surface area contributed by atoms with Crippen LogP contribution in [0.2, 0.25) is 0 Å². The molecule has 3 rings (SSSR count). The Kier molecular flexibility index (Phi) is 6.19. The molecule has 0 spiro atoms. The molecule has 140 valence electrons. The van der Waals surface area contributed by atoms with E-state index in [2.05, 4.69) is 15.5 Å². The van der Waals surface area contributed by atoms with Crippen LogP contribution in [0.4, 0.5) is 5.13 Å². The fraction of sp³-hybridized carbons (Fsp3) is 0.235. The Bertz CT molecular complexity index is 926. The van der Waals surface area contributed by atoms with E-state index in [4.69, 9.17) is 17.0 Å². The standard InChI is InChI=1S/C17H16N4O3S3/c1-10-19-20-16(26-10)18-14(22)6-7-21-15(23)13(27-17(21)25)9-11-4-3-5-12(8-11)24-2/h3-5,8-9H,6-7H2,1-2H3,(H,18,20,22)/b13-9+. The molecule has 1 aliphatic rings. The van der Waals surface area contributed by atoms with Gasteiger partial charge in [0.05, 0.1) is 12.0 Å². The molecule has 1 fully saturated rings. The average Bonchev–Trinajstić information content (AvgIpc) is 3.16. The van der Waals surface area contributed by atoms with Crippen molar-refractivity contribution in [2.24, 2.45) is 0 Å². The third kappa shape index (κ3) is 4.90. The molecule has 7 nitrogen and oxygen atoms in total. The Morgan fingerprint density at radius 1 is 1.41 bits per heavy atom. The normalized spacial score (nSPS) is 15.5. The predicted molar refractivity (Wildman–Crippen MR) is 111 cm³/mol. The summed E-state index contributed by atoms with van der Waals surface area (Å²) in [7, 11) is 1.59. The highest BCUT2D eigenvalue weighted by atomic mass is 32.2. The van der Waals surface area contributed by atoms with Gasteiger partial charge in [0, 0.05) is 13.0 Å². The van der Waals surface area contributed by atoms with E-state index in [9.17, 15) is 9.59 Å². The van der Waals surface area contributed by atoms with Crippen molar-refractivity contribution in [3.05, 3.63) is 39.7 Å². The second kappa shape index (κ2) is 8.59. The van der Waals surface area contributed by atoms with Crippen LogP contribution in [0.1, 0.15) is 17.0 Å². The third-order valence-electron chi connectivity index (χ3n) is 3.60. The number of nitrogens with zero attached hydrogens (tertiary/aromatic N) is 3. The highest BCUT2D eigenvalue weighted by Crippen LogP contribution is 2.33. The summed E-state index contributed by atoms with van der Waals surface area (Å²) in [5, 5.41) is 11.6. The van der Waals surface area contributed by atoms with E-state index in [0.29, 0.717) is 20.1 Å². The number of rotatable bonds is 6. The number of carbonyl (C=O) groups excluding carboxylic acids is 2. The number of aromatic nitrogens is 2. The van der Waals surface area contributed by atoms with Crippen LogP contribution in [0.25, 0.3) is 6.08 Å². The van der Waals surface area contributed by atoms with Gasteiger partial charge in [0.1, 0.15) is 15.1 Å². The van der Waals surface area contributed by atoms with E-state index in [-0.39, 0.29) is 24.8 Å². The Morgan fingerprint density at radius 3 is 2.93 bits per heavy atom. The molecule has 0 aliphatic carbocycles.